The molecule has 2 aliphatic rings. The number of halogens is 4. The number of anilines is 2. The fourth-order valence-electron chi connectivity index (χ4n) is 8.79. The summed E-state index contributed by atoms with van der Waals surface area (Å²) in [5.41, 5.74) is 7.02. The number of fused-ring (bicyclic) bond motifs is 2. The van der Waals surface area contributed by atoms with E-state index in [1.165, 1.54) is 0 Å². The third kappa shape index (κ3) is 17.5. The Kier molecular flexibility index (Phi) is 22.6. The van der Waals surface area contributed by atoms with E-state index in [1.54, 1.807) is 60.7 Å². The standard InChI is InChI=1S/C52H62Cl4N7O10PS2/c1-62-31-45(43-27-37(53)29-49(55)47(43)33-62)35-3-11-41(12-4-35)75(66,67)58-16-19-71-22-21-70-18-15-57-51(64)60-39-7-9-40(10-8-39)61-52(65)74-26-25-73-24-23-72-20-17-59-76(68,69)42-13-5-36(6-14-42)46-32-63(2)34-48-44(46)28-38(54)30-50(48)56/h3-14,27-30,45-46,58-59,74H,15-26,31-34H2,1-2H3,(H,61,65)(H2,57,60,64). The molecule has 3 amide bonds. The second-order valence-electron chi connectivity index (χ2n) is 18.1. The molecule has 0 aromatic heterocycles. The number of nitrogens with one attached hydrogen (secondary N) is 5. The van der Waals surface area contributed by atoms with Gasteiger partial charge >= 0.3 is 6.03 Å². The molecule has 3 atom stereocenters. The zero-order valence-electron chi connectivity index (χ0n) is 42.0. The molecule has 0 fully saturated rings. The largest absolute Gasteiger partial charge is 0.379 e. The summed E-state index contributed by atoms with van der Waals surface area (Å²) in [6, 6.07) is 27.3. The van der Waals surface area contributed by atoms with Gasteiger partial charge in [0.2, 0.25) is 25.7 Å². The van der Waals surface area contributed by atoms with Crippen LogP contribution in [0.15, 0.2) is 107 Å². The van der Waals surface area contributed by atoms with Crippen molar-refractivity contribution in [3.8, 4) is 0 Å². The lowest BCUT2D eigenvalue weighted by Crippen LogP contribution is -2.32. The fourth-order valence-corrected chi connectivity index (χ4v) is 12.7. The van der Waals surface area contributed by atoms with Crippen molar-refractivity contribution in [3.05, 3.63) is 151 Å². The highest BCUT2D eigenvalue weighted by Crippen LogP contribution is 2.40. The van der Waals surface area contributed by atoms with Gasteiger partial charge in [-0.15, -0.1) is 0 Å². The highest BCUT2D eigenvalue weighted by molar-refractivity contribution is 7.89. The van der Waals surface area contributed by atoms with Gasteiger partial charge in [-0.1, -0.05) is 70.7 Å². The fraction of sp³-hybridized carbons (Fsp3) is 0.385. The Balaban J connectivity index is 0.668. The van der Waals surface area contributed by atoms with E-state index in [1.807, 2.05) is 50.5 Å². The van der Waals surface area contributed by atoms with E-state index < -0.39 is 26.1 Å². The van der Waals surface area contributed by atoms with E-state index in [9.17, 15) is 26.4 Å². The van der Waals surface area contributed by atoms with Gasteiger partial charge in [-0.2, -0.15) is 0 Å². The van der Waals surface area contributed by atoms with Gasteiger partial charge in [0, 0.05) is 89.1 Å². The normalized spacial score (nSPS) is 16.1. The van der Waals surface area contributed by atoms with Crippen molar-refractivity contribution < 1.29 is 45.4 Å². The number of hydrogen-bond donors (Lipinski definition) is 5. The number of hydrogen-bond acceptors (Lipinski definition) is 12. The monoisotopic (exact) mass is 1180 g/mol. The minimum atomic E-state index is -3.76. The summed E-state index contributed by atoms with van der Waals surface area (Å²) in [6.45, 7) is 5.26. The van der Waals surface area contributed by atoms with Crippen LogP contribution in [0.25, 0.3) is 0 Å². The molecule has 76 heavy (non-hydrogen) atoms. The highest BCUT2D eigenvalue weighted by atomic mass is 35.5. The maximum Gasteiger partial charge on any atom is 0.319 e. The lowest BCUT2D eigenvalue weighted by molar-refractivity contribution is 0.0517. The van der Waals surface area contributed by atoms with E-state index in [-0.39, 0.29) is 95.1 Å². The predicted molar refractivity (Wildman–Crippen MR) is 301 cm³/mol. The van der Waals surface area contributed by atoms with Gasteiger partial charge in [0.15, 0.2) is 0 Å². The lowest BCUT2D eigenvalue weighted by Gasteiger charge is -2.33. The van der Waals surface area contributed by atoms with Crippen molar-refractivity contribution >= 4 is 98.1 Å². The van der Waals surface area contributed by atoms with Gasteiger partial charge in [-0.3, -0.25) is 4.79 Å². The van der Waals surface area contributed by atoms with Crippen molar-refractivity contribution in [3.63, 3.8) is 0 Å². The molecule has 5 aromatic carbocycles. The molecule has 0 saturated heterocycles. The van der Waals surface area contributed by atoms with E-state index in [0.29, 0.717) is 63.9 Å². The summed E-state index contributed by atoms with van der Waals surface area (Å²) >= 11 is 25.6. The van der Waals surface area contributed by atoms with Gasteiger partial charge < -0.3 is 44.7 Å². The lowest BCUT2D eigenvalue weighted by atomic mass is 9.85. The van der Waals surface area contributed by atoms with Crippen molar-refractivity contribution in [2.75, 3.05) is 116 Å². The minimum absolute atomic E-state index is 0.00184. The number of benzene rings is 5. The van der Waals surface area contributed by atoms with Gasteiger partial charge in [0.25, 0.3) is 0 Å². The van der Waals surface area contributed by atoms with E-state index in [2.05, 4.69) is 35.2 Å². The Morgan fingerprint density at radius 1 is 0.553 bits per heavy atom. The maximum atomic E-state index is 13.0. The molecule has 2 heterocycles. The van der Waals surface area contributed by atoms with E-state index in [0.717, 1.165) is 46.5 Å². The Bertz CT molecular complexity index is 2790. The van der Waals surface area contributed by atoms with E-state index >= 15 is 0 Å². The van der Waals surface area contributed by atoms with Crippen molar-refractivity contribution in [2.45, 2.75) is 34.7 Å². The number of likely N-dealkylation sites (N-methyl/N-ethyl adjacent to an activating group) is 2. The molecule has 2 aliphatic heterocycles. The van der Waals surface area contributed by atoms with Crippen LogP contribution in [0.1, 0.15) is 45.2 Å². The zero-order chi connectivity index (χ0) is 54.2. The third-order valence-electron chi connectivity index (χ3n) is 12.5. The van der Waals surface area contributed by atoms with Crippen LogP contribution in [0.2, 0.25) is 20.1 Å². The summed E-state index contributed by atoms with van der Waals surface area (Å²) in [5.74, 6) is -0.00624. The number of nitrogens with zero attached hydrogens (tertiary/aromatic N) is 2. The van der Waals surface area contributed by atoms with Gasteiger partial charge in [0.1, 0.15) is 0 Å². The topological polar surface area (TPSA) is 206 Å². The van der Waals surface area contributed by atoms with Crippen molar-refractivity contribution in [1.82, 2.24) is 24.6 Å². The van der Waals surface area contributed by atoms with E-state index in [4.69, 9.17) is 65.4 Å². The molecule has 0 bridgehead atoms. The number of ether oxygens (including phenoxy) is 4. The number of sulfonamides is 2. The Labute approximate surface area is 466 Å². The number of rotatable bonds is 27. The summed E-state index contributed by atoms with van der Waals surface area (Å²) in [4.78, 5) is 29.5. The third-order valence-corrected chi connectivity index (χ3v) is 17.4. The van der Waals surface area contributed by atoms with Crippen LogP contribution >= 0.6 is 55.0 Å². The van der Waals surface area contributed by atoms with Crippen LogP contribution in [-0.4, -0.2) is 144 Å². The van der Waals surface area contributed by atoms with Crippen LogP contribution < -0.4 is 25.4 Å². The second kappa shape index (κ2) is 28.8. The first-order valence-electron chi connectivity index (χ1n) is 24.5. The van der Waals surface area contributed by atoms with Crippen LogP contribution in [0.3, 0.4) is 0 Å². The first-order chi connectivity index (χ1) is 36.5. The van der Waals surface area contributed by atoms with Gasteiger partial charge in [-0.25, -0.2) is 31.1 Å². The number of carbonyl (C=O) groups is 2. The molecule has 7 rings (SSSR count). The number of carbonyl (C=O) groups excluding carboxylic acids is 2. The molecular weight excluding hydrogens is 1120 g/mol. The molecule has 0 radical (unpaired) electrons. The first-order valence-corrected chi connectivity index (χ1v) is 30.2. The quantitative estimate of drug-likeness (QED) is 0.0247. The molecule has 17 nitrogen and oxygen atoms in total. The molecule has 3 unspecified atom stereocenters. The second-order valence-corrected chi connectivity index (χ2v) is 24.7. The molecule has 5 aromatic rings. The smallest absolute Gasteiger partial charge is 0.319 e. The summed E-state index contributed by atoms with van der Waals surface area (Å²) in [5, 5.41) is 10.6. The Morgan fingerprint density at radius 2 is 0.961 bits per heavy atom. The maximum absolute atomic E-state index is 13.0. The van der Waals surface area contributed by atoms with Crippen LogP contribution in [0, 0.1) is 0 Å². The predicted octanol–water partition coefficient (Wildman–Crippen LogP) is 8.81. The number of urea groups is 1. The molecule has 0 aliphatic carbocycles. The Morgan fingerprint density at radius 3 is 1.41 bits per heavy atom. The van der Waals surface area contributed by atoms with Crippen LogP contribution in [-0.2, 0) is 52.1 Å². The van der Waals surface area contributed by atoms with Crippen LogP contribution in [0.5, 0.6) is 0 Å². The molecule has 410 valence electrons. The summed E-state index contributed by atoms with van der Waals surface area (Å²) in [6.07, 6.45) is 0.511. The highest BCUT2D eigenvalue weighted by Gasteiger charge is 2.29. The number of amides is 3. The minimum Gasteiger partial charge on any atom is -0.379 e. The SMILES string of the molecule is CN1Cc2c(Cl)cc(Cl)cc2C(c2ccc(S(=O)(=O)NCCOCCOCCNC(=O)Nc3ccc(NC(=O)PCCOCCOCCNS(=O)(=O)c4ccc(C5CN(C)Cc6c(Cl)cc(Cl)cc65)cc4)cc3)cc2)C1. The Hall–Kier alpha value is -3.99. The molecule has 0 spiro atoms. The molecular formula is C52H62Cl4N7O10PS2. The average Bonchev–Trinajstić information content (AvgIpc) is 3.38. The zero-order valence-corrected chi connectivity index (χ0v) is 47.7. The van der Waals surface area contributed by atoms with Gasteiger partial charge in [-0.05, 0) is 135 Å². The molecule has 0 saturated carbocycles. The average molecular weight is 1180 g/mol. The van der Waals surface area contributed by atoms with Gasteiger partial charge in [0.05, 0.1) is 62.6 Å². The van der Waals surface area contributed by atoms with Crippen molar-refractivity contribution in [2.24, 2.45) is 0 Å². The molecule has 24 heteroatoms. The molecule has 5 N–H and O–H groups in total. The van der Waals surface area contributed by atoms with Crippen molar-refractivity contribution in [1.29, 1.82) is 0 Å². The summed E-state index contributed by atoms with van der Waals surface area (Å²) in [7, 11) is -3.51. The van der Waals surface area contributed by atoms with Crippen LogP contribution in [0.4, 0.5) is 21.0 Å². The summed E-state index contributed by atoms with van der Waals surface area (Å²) < 4.78 is 79.1. The first kappa shape index (κ1) is 59.7.